The third-order valence-corrected chi connectivity index (χ3v) is 9.76. The zero-order chi connectivity index (χ0) is 31.6. The highest BCUT2D eigenvalue weighted by Crippen LogP contribution is 2.59. The molecule has 0 saturated carbocycles. The van der Waals surface area contributed by atoms with Crippen LogP contribution in [-0.2, 0) is 28.0 Å². The van der Waals surface area contributed by atoms with Gasteiger partial charge in [0.15, 0.2) is 12.0 Å². The molecule has 0 radical (unpaired) electrons. The molecule has 5 unspecified atom stereocenters. The van der Waals surface area contributed by atoms with Gasteiger partial charge < -0.3 is 35.3 Å². The number of thiazole rings is 1. The summed E-state index contributed by atoms with van der Waals surface area (Å²) in [6, 6.07) is 12.1. The van der Waals surface area contributed by atoms with Crippen molar-refractivity contribution in [3.05, 3.63) is 81.9 Å². The highest BCUT2D eigenvalue weighted by Gasteiger charge is 2.61. The molecule has 0 saturated heterocycles. The minimum atomic E-state index is -1.27. The Hall–Kier alpha value is -4.26. The van der Waals surface area contributed by atoms with Crippen molar-refractivity contribution >= 4 is 28.8 Å². The lowest BCUT2D eigenvalue weighted by molar-refractivity contribution is -0.135. The van der Waals surface area contributed by atoms with Crippen molar-refractivity contribution in [1.29, 1.82) is 0 Å². The normalized spacial score (nSPS) is 23.7. The number of nitrogens with one attached hydrogen (secondary N) is 3. The van der Waals surface area contributed by atoms with E-state index in [1.54, 1.807) is 19.2 Å². The van der Waals surface area contributed by atoms with Gasteiger partial charge in [-0.3, -0.25) is 9.59 Å². The summed E-state index contributed by atoms with van der Waals surface area (Å²) in [6.07, 6.45) is -1.65. The highest BCUT2D eigenvalue weighted by atomic mass is 32.1. The van der Waals surface area contributed by atoms with E-state index in [1.807, 2.05) is 56.3 Å². The van der Waals surface area contributed by atoms with Gasteiger partial charge in [0, 0.05) is 23.1 Å². The number of amides is 2. The van der Waals surface area contributed by atoms with Gasteiger partial charge >= 0.3 is 0 Å². The molecule has 4 aromatic rings. The molecule has 5 atom stereocenters. The van der Waals surface area contributed by atoms with Gasteiger partial charge in [-0.2, -0.15) is 0 Å². The summed E-state index contributed by atoms with van der Waals surface area (Å²) in [4.78, 5) is 36.6. The number of aliphatic hydroxyl groups is 2. The van der Waals surface area contributed by atoms with Crippen LogP contribution in [0.2, 0.25) is 0 Å². The molecular weight excluding hydrogens is 594 g/mol. The van der Waals surface area contributed by atoms with E-state index < -0.39 is 41.6 Å². The number of anilines is 1. The molecule has 45 heavy (non-hydrogen) atoms. The number of oxazole rings is 1. The molecule has 2 aromatic heterocycles. The van der Waals surface area contributed by atoms with Crippen LogP contribution < -0.4 is 20.7 Å². The number of aliphatic hydroxyl groups excluding tert-OH is 2. The molecule has 4 bridgehead atoms. The number of benzene rings is 2. The maximum Gasteiger partial charge on any atom is 0.249 e. The quantitative estimate of drug-likeness (QED) is 0.215. The maximum atomic E-state index is 13.9. The summed E-state index contributed by atoms with van der Waals surface area (Å²) >= 11 is 1.36. The molecule has 0 aliphatic carbocycles. The number of nitrogens with zero attached hydrogens (tertiary/aromatic N) is 2. The van der Waals surface area contributed by atoms with E-state index in [9.17, 15) is 19.8 Å². The second kappa shape index (κ2) is 11.0. The highest BCUT2D eigenvalue weighted by molar-refractivity contribution is 7.13. The first-order valence-corrected chi connectivity index (χ1v) is 16.0. The van der Waals surface area contributed by atoms with Crippen LogP contribution in [0.25, 0.3) is 10.7 Å². The van der Waals surface area contributed by atoms with Gasteiger partial charge in [0.2, 0.25) is 17.7 Å². The molecule has 11 nitrogen and oxygen atoms in total. The van der Waals surface area contributed by atoms with Crippen molar-refractivity contribution in [3.8, 4) is 16.5 Å². The Balaban J connectivity index is 1.48. The topological polar surface area (TPSA) is 159 Å². The second-order valence-corrected chi connectivity index (χ2v) is 13.4. The fourth-order valence-electron chi connectivity index (χ4n) is 6.50. The van der Waals surface area contributed by atoms with Gasteiger partial charge in [0.05, 0.1) is 12.3 Å². The van der Waals surface area contributed by atoms with Gasteiger partial charge in [-0.25, -0.2) is 9.97 Å². The molecule has 3 aliphatic rings. The van der Waals surface area contributed by atoms with Crippen molar-refractivity contribution in [3.63, 3.8) is 0 Å². The number of carbonyl (C=O) groups excluding carboxylic acids is 2. The van der Waals surface area contributed by atoms with Gasteiger partial charge in [-0.05, 0) is 35.1 Å². The van der Waals surface area contributed by atoms with Crippen molar-refractivity contribution in [2.45, 2.75) is 70.6 Å². The molecule has 5 N–H and O–H groups in total. The third kappa shape index (κ3) is 4.62. The fraction of sp³-hybridized carbons (Fsp3) is 0.394. The summed E-state index contributed by atoms with van der Waals surface area (Å²) in [7, 11) is 0. The first-order valence-electron chi connectivity index (χ1n) is 15.1. The molecule has 7 rings (SSSR count). The van der Waals surface area contributed by atoms with Crippen LogP contribution in [0.3, 0.4) is 0 Å². The Kier molecular flexibility index (Phi) is 7.18. The number of hydrogen-bond acceptors (Lipinski definition) is 10. The minimum absolute atomic E-state index is 0.145. The molecular formula is C33H35N5O6S. The Morgan fingerprint density at radius 1 is 1.13 bits per heavy atom. The van der Waals surface area contributed by atoms with Crippen molar-refractivity contribution in [2.24, 2.45) is 11.8 Å². The smallest absolute Gasteiger partial charge is 0.249 e. The monoisotopic (exact) mass is 629 g/mol. The molecule has 2 aromatic carbocycles. The third-order valence-electron chi connectivity index (χ3n) is 8.87. The Morgan fingerprint density at radius 3 is 2.67 bits per heavy atom. The molecule has 5 heterocycles. The van der Waals surface area contributed by atoms with Crippen molar-refractivity contribution in [2.75, 3.05) is 5.32 Å². The number of hydrogen-bond donors (Lipinski definition) is 5. The van der Waals surface area contributed by atoms with E-state index in [2.05, 4.69) is 20.9 Å². The number of para-hydroxylation sites is 1. The number of aromatic nitrogens is 2. The van der Waals surface area contributed by atoms with E-state index >= 15 is 0 Å². The van der Waals surface area contributed by atoms with E-state index in [1.165, 1.54) is 11.3 Å². The average Bonchev–Trinajstić information content (AvgIpc) is 3.79. The van der Waals surface area contributed by atoms with E-state index in [-0.39, 0.29) is 24.9 Å². The summed E-state index contributed by atoms with van der Waals surface area (Å²) in [5.74, 6) is -0.0327. The standard InChI is InChI=1S/C33H35N5O6S/c1-15(2)24-30-38-25(31-34-18(13-39)14-45-31)27(44-30)33-19-7-5-6-8-21(19)36-32(33)43-23-10-9-17(11-20(23)33)12-22(28(41)37-24)35-29(42)26(40)16(3)4/h5-11,14-16,22,24,26,32,36,39-40H,12-13H2,1-4H3,(H,35,42)(H,37,41). The van der Waals surface area contributed by atoms with E-state index in [0.717, 1.165) is 22.4 Å². The van der Waals surface area contributed by atoms with Crippen LogP contribution in [0.4, 0.5) is 5.69 Å². The molecule has 0 fully saturated rings. The predicted octanol–water partition coefficient (Wildman–Crippen LogP) is 3.64. The van der Waals surface area contributed by atoms with Crippen LogP contribution >= 0.6 is 11.3 Å². The lowest BCUT2D eigenvalue weighted by Crippen LogP contribution is -2.52. The average molecular weight is 630 g/mol. The summed E-state index contributed by atoms with van der Waals surface area (Å²) < 4.78 is 13.4. The molecule has 12 heteroatoms. The lowest BCUT2D eigenvalue weighted by Gasteiger charge is -2.29. The zero-order valence-electron chi connectivity index (χ0n) is 25.3. The van der Waals surface area contributed by atoms with Gasteiger partial charge in [0.1, 0.15) is 40.1 Å². The van der Waals surface area contributed by atoms with Gasteiger partial charge in [0.25, 0.3) is 0 Å². The first kappa shape index (κ1) is 29.5. The number of carbonyl (C=O) groups is 2. The SMILES string of the molecule is CC(C)C(O)C(=O)NC1Cc2ccc3c(c2)C2(c4ccccc4NC2O3)c2oc(nc2-c2nc(CO)cs2)C(C(C)C)NC1=O. The number of rotatable bonds is 6. The second-order valence-electron chi connectivity index (χ2n) is 12.5. The van der Waals surface area contributed by atoms with Crippen LogP contribution in [-0.4, -0.2) is 50.4 Å². The minimum Gasteiger partial charge on any atom is -0.469 e. The van der Waals surface area contributed by atoms with Crippen LogP contribution in [0.5, 0.6) is 5.75 Å². The van der Waals surface area contributed by atoms with Gasteiger partial charge in [-0.1, -0.05) is 58.0 Å². The molecule has 2 amide bonds. The first-order chi connectivity index (χ1) is 21.6. The maximum absolute atomic E-state index is 13.9. The van der Waals surface area contributed by atoms with Crippen LogP contribution in [0.15, 0.2) is 52.3 Å². The summed E-state index contributed by atoms with van der Waals surface area (Å²) in [5.41, 5.74) is 3.52. The van der Waals surface area contributed by atoms with E-state index in [4.69, 9.17) is 14.1 Å². The van der Waals surface area contributed by atoms with Crippen LogP contribution in [0.1, 0.15) is 67.8 Å². The predicted molar refractivity (Wildman–Crippen MR) is 167 cm³/mol. The number of ether oxygens (including phenoxy) is 1. The van der Waals surface area contributed by atoms with E-state index in [0.29, 0.717) is 33.8 Å². The zero-order valence-corrected chi connectivity index (χ0v) is 26.1. The van der Waals surface area contributed by atoms with Crippen LogP contribution in [0, 0.1) is 11.8 Å². The summed E-state index contributed by atoms with van der Waals surface area (Å²) in [6.45, 7) is 7.18. The van der Waals surface area contributed by atoms with Crippen molar-refractivity contribution < 1.29 is 29.0 Å². The Bertz CT molecular complexity index is 1800. The Morgan fingerprint density at radius 2 is 1.93 bits per heavy atom. The van der Waals surface area contributed by atoms with Gasteiger partial charge in [-0.15, -0.1) is 11.3 Å². The van der Waals surface area contributed by atoms with Crippen molar-refractivity contribution in [1.82, 2.24) is 20.6 Å². The fourth-order valence-corrected chi connectivity index (χ4v) is 7.29. The molecule has 234 valence electrons. The summed E-state index contributed by atoms with van der Waals surface area (Å²) in [5, 5.41) is 32.1. The Labute approximate surface area is 264 Å². The number of fused-ring (bicyclic) bond motifs is 4. The molecule has 1 spiro atoms. The lowest BCUT2D eigenvalue weighted by atomic mass is 9.72. The largest absolute Gasteiger partial charge is 0.469 e. The molecule has 3 aliphatic heterocycles.